The minimum Gasteiger partial charge on any atom is -0.376 e. The van der Waals surface area contributed by atoms with Crippen LogP contribution in [0, 0.1) is 0 Å². The van der Waals surface area contributed by atoms with Crippen molar-refractivity contribution in [2.75, 3.05) is 13.2 Å². The molecule has 1 saturated heterocycles. The van der Waals surface area contributed by atoms with Crippen molar-refractivity contribution in [3.63, 3.8) is 0 Å². The minimum atomic E-state index is -0.00622. The van der Waals surface area contributed by atoms with Crippen molar-refractivity contribution in [3.8, 4) is 5.69 Å². The van der Waals surface area contributed by atoms with Crippen molar-refractivity contribution < 1.29 is 9.53 Å². The first-order valence-corrected chi connectivity index (χ1v) is 9.73. The first-order valence-electron chi connectivity index (χ1n) is 9.73. The predicted molar refractivity (Wildman–Crippen MR) is 101 cm³/mol. The van der Waals surface area contributed by atoms with E-state index in [0.717, 1.165) is 54.9 Å². The number of hydrogen-bond acceptors (Lipinski definition) is 3. The molecular weight excluding hydrogens is 326 g/mol. The lowest BCUT2D eigenvalue weighted by molar-refractivity contribution is 0.0856. The number of carbonyl (C=O) groups is 1. The van der Waals surface area contributed by atoms with Crippen molar-refractivity contribution in [2.24, 2.45) is 0 Å². The smallest absolute Gasteiger partial charge is 0.255 e. The van der Waals surface area contributed by atoms with Crippen LogP contribution in [0.3, 0.4) is 0 Å². The van der Waals surface area contributed by atoms with E-state index in [1.807, 2.05) is 35.0 Å². The molecule has 138 valence electrons. The van der Waals surface area contributed by atoms with Gasteiger partial charge < -0.3 is 10.1 Å². The zero-order valence-electron chi connectivity index (χ0n) is 15.6. The van der Waals surface area contributed by atoms with Crippen LogP contribution in [0.2, 0.25) is 0 Å². The third kappa shape index (κ3) is 3.40. The SMILES string of the molecule is CC(C)c1c(C(=O)NC[C@@H]2CCCO2)c(C2CC2)nn1-c1ccccc1. The van der Waals surface area contributed by atoms with Crippen molar-refractivity contribution in [1.29, 1.82) is 0 Å². The van der Waals surface area contributed by atoms with E-state index in [2.05, 4.69) is 19.2 Å². The Morgan fingerprint density at radius 1 is 1.27 bits per heavy atom. The van der Waals surface area contributed by atoms with E-state index < -0.39 is 0 Å². The van der Waals surface area contributed by atoms with Crippen molar-refractivity contribution in [1.82, 2.24) is 15.1 Å². The van der Waals surface area contributed by atoms with Gasteiger partial charge in [0.25, 0.3) is 5.91 Å². The number of benzene rings is 1. The highest BCUT2D eigenvalue weighted by molar-refractivity contribution is 5.97. The minimum absolute atomic E-state index is 0.00622. The predicted octanol–water partition coefficient (Wildman–Crippen LogP) is 3.78. The average Bonchev–Trinajstić information content (AvgIpc) is 3.21. The third-order valence-corrected chi connectivity index (χ3v) is 5.20. The lowest BCUT2D eigenvalue weighted by Gasteiger charge is -2.14. The molecule has 1 atom stereocenters. The number of aromatic nitrogens is 2. The number of nitrogens with zero attached hydrogens (tertiary/aromatic N) is 2. The maximum atomic E-state index is 13.1. The number of ether oxygens (including phenoxy) is 1. The molecule has 4 rings (SSSR count). The van der Waals surface area contributed by atoms with E-state index in [0.29, 0.717) is 12.5 Å². The zero-order valence-corrected chi connectivity index (χ0v) is 15.6. The van der Waals surface area contributed by atoms with Crippen LogP contribution in [-0.4, -0.2) is 34.9 Å². The fraction of sp³-hybridized carbons (Fsp3) is 0.524. The molecule has 2 fully saturated rings. The molecule has 1 amide bonds. The monoisotopic (exact) mass is 353 g/mol. The van der Waals surface area contributed by atoms with Gasteiger partial charge in [-0.25, -0.2) is 4.68 Å². The topological polar surface area (TPSA) is 56.1 Å². The van der Waals surface area contributed by atoms with Gasteiger partial charge in [0.1, 0.15) is 0 Å². The lowest BCUT2D eigenvalue weighted by atomic mass is 10.0. The van der Waals surface area contributed by atoms with Crippen LogP contribution in [-0.2, 0) is 4.74 Å². The van der Waals surface area contributed by atoms with Gasteiger partial charge in [0, 0.05) is 19.1 Å². The molecule has 1 aliphatic heterocycles. The number of nitrogens with one attached hydrogen (secondary N) is 1. The number of rotatable bonds is 6. The average molecular weight is 353 g/mol. The van der Waals surface area contributed by atoms with Crippen LogP contribution in [0.1, 0.15) is 73.1 Å². The van der Waals surface area contributed by atoms with Crippen molar-refractivity contribution in [2.45, 2.75) is 57.5 Å². The second kappa shape index (κ2) is 7.23. The van der Waals surface area contributed by atoms with E-state index in [9.17, 15) is 4.79 Å². The molecule has 1 aromatic carbocycles. The van der Waals surface area contributed by atoms with Gasteiger partial charge in [-0.3, -0.25) is 4.79 Å². The molecule has 0 spiro atoms. The highest BCUT2D eigenvalue weighted by Gasteiger charge is 2.35. The molecule has 2 aliphatic rings. The summed E-state index contributed by atoms with van der Waals surface area (Å²) in [6, 6.07) is 10.1. The normalized spacial score (nSPS) is 19.9. The molecule has 5 nitrogen and oxygen atoms in total. The summed E-state index contributed by atoms with van der Waals surface area (Å²) in [7, 11) is 0. The Morgan fingerprint density at radius 3 is 2.65 bits per heavy atom. The third-order valence-electron chi connectivity index (χ3n) is 5.20. The van der Waals surface area contributed by atoms with Crippen LogP contribution in [0.5, 0.6) is 0 Å². The Kier molecular flexibility index (Phi) is 4.81. The molecule has 1 N–H and O–H groups in total. The van der Waals surface area contributed by atoms with Gasteiger partial charge in [-0.2, -0.15) is 5.10 Å². The highest BCUT2D eigenvalue weighted by atomic mass is 16.5. The van der Waals surface area contributed by atoms with Gasteiger partial charge in [-0.15, -0.1) is 0 Å². The molecular formula is C21H27N3O2. The summed E-state index contributed by atoms with van der Waals surface area (Å²) in [5.74, 6) is 0.618. The standard InChI is InChI=1S/C21H27N3O2/c1-14(2)20-18(21(25)22-13-17-9-6-12-26-17)19(15-10-11-15)23-24(20)16-7-4-3-5-8-16/h3-5,7-8,14-15,17H,6,9-13H2,1-2H3,(H,22,25)/t17-/m0/s1. The van der Waals surface area contributed by atoms with Crippen LogP contribution in [0.15, 0.2) is 30.3 Å². The molecule has 0 unspecified atom stereocenters. The fourth-order valence-electron chi connectivity index (χ4n) is 3.72. The molecule has 2 aromatic rings. The molecule has 5 heteroatoms. The van der Waals surface area contributed by atoms with Crippen LogP contribution < -0.4 is 5.32 Å². The van der Waals surface area contributed by atoms with Gasteiger partial charge in [-0.1, -0.05) is 32.0 Å². The fourth-order valence-corrected chi connectivity index (χ4v) is 3.72. The van der Waals surface area contributed by atoms with Crippen LogP contribution >= 0.6 is 0 Å². The Balaban J connectivity index is 1.69. The van der Waals surface area contributed by atoms with E-state index in [4.69, 9.17) is 9.84 Å². The van der Waals surface area contributed by atoms with Gasteiger partial charge in [-0.05, 0) is 43.7 Å². The molecule has 1 aliphatic carbocycles. The first-order chi connectivity index (χ1) is 12.6. The van der Waals surface area contributed by atoms with Gasteiger partial charge in [0.15, 0.2) is 0 Å². The Bertz CT molecular complexity index is 772. The first kappa shape index (κ1) is 17.3. The summed E-state index contributed by atoms with van der Waals surface area (Å²) >= 11 is 0. The number of amides is 1. The number of para-hydroxylation sites is 1. The largest absolute Gasteiger partial charge is 0.376 e. The molecule has 1 saturated carbocycles. The van der Waals surface area contributed by atoms with Crippen molar-refractivity contribution >= 4 is 5.91 Å². The second-order valence-corrected chi connectivity index (χ2v) is 7.67. The number of carbonyl (C=O) groups excluding carboxylic acids is 1. The van der Waals surface area contributed by atoms with Crippen molar-refractivity contribution in [3.05, 3.63) is 47.3 Å². The quantitative estimate of drug-likeness (QED) is 0.860. The van der Waals surface area contributed by atoms with E-state index in [-0.39, 0.29) is 17.9 Å². The molecule has 26 heavy (non-hydrogen) atoms. The lowest BCUT2D eigenvalue weighted by Crippen LogP contribution is -2.32. The Hall–Kier alpha value is -2.14. The number of hydrogen-bond donors (Lipinski definition) is 1. The Labute approximate surface area is 154 Å². The van der Waals surface area contributed by atoms with Crippen LogP contribution in [0.4, 0.5) is 0 Å². The summed E-state index contributed by atoms with van der Waals surface area (Å²) in [6.07, 6.45) is 4.49. The van der Waals surface area contributed by atoms with Gasteiger partial charge in [0.2, 0.25) is 0 Å². The molecule has 1 aromatic heterocycles. The van der Waals surface area contributed by atoms with Gasteiger partial charge >= 0.3 is 0 Å². The van der Waals surface area contributed by atoms with Gasteiger partial charge in [0.05, 0.1) is 28.7 Å². The molecule has 0 bridgehead atoms. The van der Waals surface area contributed by atoms with Crippen LogP contribution in [0.25, 0.3) is 5.69 Å². The summed E-state index contributed by atoms with van der Waals surface area (Å²) in [4.78, 5) is 13.1. The summed E-state index contributed by atoms with van der Waals surface area (Å²) < 4.78 is 7.62. The summed E-state index contributed by atoms with van der Waals surface area (Å²) in [6.45, 7) is 5.64. The second-order valence-electron chi connectivity index (χ2n) is 7.67. The van der Waals surface area contributed by atoms with E-state index >= 15 is 0 Å². The summed E-state index contributed by atoms with van der Waals surface area (Å²) in [5, 5.41) is 8.00. The van der Waals surface area contributed by atoms with E-state index in [1.165, 1.54) is 0 Å². The zero-order chi connectivity index (χ0) is 18.1. The Morgan fingerprint density at radius 2 is 2.04 bits per heavy atom. The highest BCUT2D eigenvalue weighted by Crippen LogP contribution is 2.43. The summed E-state index contributed by atoms with van der Waals surface area (Å²) in [5.41, 5.74) is 3.76. The maximum absolute atomic E-state index is 13.1. The maximum Gasteiger partial charge on any atom is 0.255 e. The molecule has 2 heterocycles. The molecule has 0 radical (unpaired) electrons. The van der Waals surface area contributed by atoms with E-state index in [1.54, 1.807) is 0 Å².